The van der Waals surface area contributed by atoms with Crippen LogP contribution in [-0.4, -0.2) is 50.9 Å². The number of nitrogens with zero attached hydrogens (tertiary/aromatic N) is 2. The molecule has 2 amide bonds. The molecule has 0 saturated heterocycles. The number of aryl methyl sites for hydroxylation is 1. The van der Waals surface area contributed by atoms with Crippen LogP contribution in [0.3, 0.4) is 0 Å². The zero-order valence-electron chi connectivity index (χ0n) is 27.6. The summed E-state index contributed by atoms with van der Waals surface area (Å²) in [6.07, 6.45) is 5.09. The zero-order chi connectivity index (χ0) is 35.0. The van der Waals surface area contributed by atoms with Crippen LogP contribution >= 0.6 is 23.2 Å². The number of anilines is 1. The normalized spacial score (nSPS) is 14.1. The van der Waals surface area contributed by atoms with Gasteiger partial charge in [-0.2, -0.15) is 0 Å². The smallest absolute Gasteiger partial charge is 0.264 e. The number of rotatable bonds is 13. The number of sulfonamides is 1. The number of hydrogen-bond acceptors (Lipinski definition) is 5. The van der Waals surface area contributed by atoms with Crippen molar-refractivity contribution >= 4 is 50.7 Å². The summed E-state index contributed by atoms with van der Waals surface area (Å²) in [6.45, 7) is 1.24. The first-order chi connectivity index (χ1) is 23.5. The lowest BCUT2D eigenvalue weighted by Crippen LogP contribution is -2.55. The summed E-state index contributed by atoms with van der Waals surface area (Å²) in [7, 11) is -2.71. The Morgan fingerprint density at radius 1 is 0.898 bits per heavy atom. The van der Waals surface area contributed by atoms with Crippen molar-refractivity contribution in [2.45, 2.75) is 69.0 Å². The number of hydrogen-bond donors (Lipinski definition) is 1. The number of ether oxygens (including phenoxy) is 1. The van der Waals surface area contributed by atoms with Gasteiger partial charge >= 0.3 is 0 Å². The molecule has 4 aromatic rings. The molecule has 0 spiro atoms. The number of methoxy groups -OCH3 is 1. The van der Waals surface area contributed by atoms with E-state index in [-0.39, 0.29) is 35.5 Å². The summed E-state index contributed by atoms with van der Waals surface area (Å²) < 4.78 is 34.9. The third-order valence-electron chi connectivity index (χ3n) is 8.83. The lowest BCUT2D eigenvalue weighted by atomic mass is 9.94. The Hall–Kier alpha value is -4.05. The van der Waals surface area contributed by atoms with Crippen LogP contribution in [0.15, 0.2) is 102 Å². The molecule has 1 atom stereocenters. The molecular weight excluding hydrogens is 681 g/mol. The second kappa shape index (κ2) is 16.6. The van der Waals surface area contributed by atoms with Gasteiger partial charge in [0.15, 0.2) is 0 Å². The fourth-order valence-electron chi connectivity index (χ4n) is 6.05. The van der Waals surface area contributed by atoms with Crippen LogP contribution in [0, 0.1) is 6.92 Å². The highest BCUT2D eigenvalue weighted by molar-refractivity contribution is 7.92. The third kappa shape index (κ3) is 9.35. The van der Waals surface area contributed by atoms with Gasteiger partial charge in [-0.25, -0.2) is 8.42 Å². The van der Waals surface area contributed by atoms with E-state index < -0.39 is 28.5 Å². The molecule has 0 radical (unpaired) electrons. The van der Waals surface area contributed by atoms with Crippen molar-refractivity contribution in [3.05, 3.63) is 124 Å². The summed E-state index contributed by atoms with van der Waals surface area (Å²) in [5, 5.41) is 3.97. The number of halogens is 2. The molecule has 1 aliphatic rings. The van der Waals surface area contributed by atoms with Gasteiger partial charge in [-0.3, -0.25) is 13.9 Å². The van der Waals surface area contributed by atoms with Crippen molar-refractivity contribution in [3.8, 4) is 5.75 Å². The Morgan fingerprint density at radius 3 is 2.20 bits per heavy atom. The Morgan fingerprint density at radius 2 is 1.57 bits per heavy atom. The lowest BCUT2D eigenvalue weighted by molar-refractivity contribution is -0.140. The van der Waals surface area contributed by atoms with E-state index in [0.29, 0.717) is 21.4 Å². The molecule has 1 aliphatic carbocycles. The first-order valence-corrected chi connectivity index (χ1v) is 18.6. The van der Waals surface area contributed by atoms with E-state index in [1.807, 2.05) is 37.3 Å². The molecule has 0 bridgehead atoms. The largest absolute Gasteiger partial charge is 0.497 e. The van der Waals surface area contributed by atoms with Crippen LogP contribution in [-0.2, 0) is 32.6 Å². The molecule has 0 aromatic heterocycles. The summed E-state index contributed by atoms with van der Waals surface area (Å²) in [4.78, 5) is 30.5. The quantitative estimate of drug-likeness (QED) is 0.154. The highest BCUT2D eigenvalue weighted by Gasteiger charge is 2.35. The van der Waals surface area contributed by atoms with Crippen LogP contribution in [0.4, 0.5) is 5.69 Å². The summed E-state index contributed by atoms with van der Waals surface area (Å²) in [5.41, 5.74) is 2.58. The molecule has 8 nitrogen and oxygen atoms in total. The van der Waals surface area contributed by atoms with E-state index in [9.17, 15) is 18.0 Å². The van der Waals surface area contributed by atoms with Gasteiger partial charge in [0.05, 0.1) is 17.7 Å². The third-order valence-corrected chi connectivity index (χ3v) is 11.2. The van der Waals surface area contributed by atoms with Crippen molar-refractivity contribution in [1.82, 2.24) is 10.2 Å². The molecule has 4 aromatic carbocycles. The van der Waals surface area contributed by atoms with E-state index in [0.717, 1.165) is 47.5 Å². The Balaban J connectivity index is 1.58. The second-order valence-electron chi connectivity index (χ2n) is 12.3. The van der Waals surface area contributed by atoms with E-state index in [1.54, 1.807) is 54.6 Å². The molecule has 1 N–H and O–H groups in total. The summed E-state index contributed by atoms with van der Waals surface area (Å²) in [6, 6.07) is 26.4. The van der Waals surface area contributed by atoms with E-state index >= 15 is 0 Å². The first kappa shape index (κ1) is 36.2. The minimum absolute atomic E-state index is 0.00620. The molecular formula is C38H41Cl2N3O5S. The maximum atomic E-state index is 14.7. The van der Waals surface area contributed by atoms with Crippen LogP contribution in [0.25, 0.3) is 0 Å². The SMILES string of the molecule is COc1ccc(N(CC(=O)N(Cc2ccc(Cl)cc2Cl)[C@@H](Cc2ccccc2)C(=O)NC2CCCCC2)S(=O)(=O)c2ccc(C)cc2)cc1. The molecule has 0 aliphatic heterocycles. The maximum absolute atomic E-state index is 14.7. The molecule has 258 valence electrons. The summed E-state index contributed by atoms with van der Waals surface area (Å²) >= 11 is 12.8. The number of carbonyl (C=O) groups is 2. The van der Waals surface area contributed by atoms with Gasteiger partial charge in [-0.15, -0.1) is 0 Å². The molecule has 5 rings (SSSR count). The standard InChI is InChI=1S/C38H41Cl2N3O5S/c1-27-13-21-34(22-14-27)49(46,47)43(32-17-19-33(48-2)20-18-32)26-37(44)42(25-29-15-16-30(39)24-35(29)40)36(23-28-9-5-3-6-10-28)38(45)41-31-11-7-4-8-12-31/h3,5-6,9-10,13-22,24,31,36H,4,7-8,11-12,23,25-26H2,1-2H3,(H,41,45)/t36-/m0/s1. The van der Waals surface area contributed by atoms with E-state index in [4.69, 9.17) is 27.9 Å². The van der Waals surface area contributed by atoms with Gasteiger partial charge in [0.2, 0.25) is 11.8 Å². The number of nitrogens with one attached hydrogen (secondary N) is 1. The number of carbonyl (C=O) groups excluding carboxylic acids is 2. The van der Waals surface area contributed by atoms with Crippen LogP contribution in [0.2, 0.25) is 10.0 Å². The van der Waals surface area contributed by atoms with Crippen molar-refractivity contribution < 1.29 is 22.7 Å². The van der Waals surface area contributed by atoms with Crippen molar-refractivity contribution in [3.63, 3.8) is 0 Å². The highest BCUT2D eigenvalue weighted by Crippen LogP contribution is 2.29. The fraction of sp³-hybridized carbons (Fsp3) is 0.316. The molecule has 49 heavy (non-hydrogen) atoms. The van der Waals surface area contributed by atoms with Gasteiger partial charge in [-0.05, 0) is 79.4 Å². The molecule has 1 saturated carbocycles. The second-order valence-corrected chi connectivity index (χ2v) is 15.0. The molecule has 0 unspecified atom stereocenters. The molecule has 1 fully saturated rings. The monoisotopic (exact) mass is 721 g/mol. The Bertz CT molecular complexity index is 1830. The fourth-order valence-corrected chi connectivity index (χ4v) is 7.93. The number of benzene rings is 4. The van der Waals surface area contributed by atoms with Crippen molar-refractivity contribution in [2.24, 2.45) is 0 Å². The van der Waals surface area contributed by atoms with Crippen molar-refractivity contribution in [2.75, 3.05) is 18.0 Å². The van der Waals surface area contributed by atoms with E-state index in [2.05, 4.69) is 5.32 Å². The lowest BCUT2D eigenvalue weighted by Gasteiger charge is -2.35. The Labute approximate surface area is 299 Å². The molecule has 11 heteroatoms. The van der Waals surface area contributed by atoms with Gasteiger partial charge in [-0.1, -0.05) is 96.6 Å². The van der Waals surface area contributed by atoms with Gasteiger partial charge in [0, 0.05) is 29.1 Å². The average molecular weight is 723 g/mol. The highest BCUT2D eigenvalue weighted by atomic mass is 35.5. The minimum atomic E-state index is -4.23. The first-order valence-electron chi connectivity index (χ1n) is 16.4. The molecule has 0 heterocycles. The minimum Gasteiger partial charge on any atom is -0.497 e. The van der Waals surface area contributed by atoms with Crippen LogP contribution < -0.4 is 14.4 Å². The average Bonchev–Trinajstić information content (AvgIpc) is 3.10. The topological polar surface area (TPSA) is 96.0 Å². The van der Waals surface area contributed by atoms with Gasteiger partial charge in [0.1, 0.15) is 18.3 Å². The van der Waals surface area contributed by atoms with E-state index in [1.165, 1.54) is 24.1 Å². The summed E-state index contributed by atoms with van der Waals surface area (Å²) in [5.74, 6) is -0.340. The van der Waals surface area contributed by atoms with Crippen molar-refractivity contribution in [1.29, 1.82) is 0 Å². The van der Waals surface area contributed by atoms with Crippen LogP contribution in [0.5, 0.6) is 5.75 Å². The maximum Gasteiger partial charge on any atom is 0.264 e. The van der Waals surface area contributed by atoms with Crippen LogP contribution in [0.1, 0.15) is 48.8 Å². The zero-order valence-corrected chi connectivity index (χ0v) is 30.0. The Kier molecular flexibility index (Phi) is 12.3. The number of amides is 2. The van der Waals surface area contributed by atoms with Gasteiger partial charge < -0.3 is 15.0 Å². The van der Waals surface area contributed by atoms with Gasteiger partial charge in [0.25, 0.3) is 10.0 Å². The predicted molar refractivity (Wildman–Crippen MR) is 195 cm³/mol. The predicted octanol–water partition coefficient (Wildman–Crippen LogP) is 7.59.